The van der Waals surface area contributed by atoms with Crippen molar-refractivity contribution in [2.45, 2.75) is 39.7 Å². The van der Waals surface area contributed by atoms with Crippen LogP contribution in [0.5, 0.6) is 0 Å². The monoisotopic (exact) mass is 242 g/mol. The molecule has 1 unspecified atom stereocenters. The Morgan fingerprint density at radius 3 is 2.67 bits per heavy atom. The Hall–Kier alpha value is -1.41. The van der Waals surface area contributed by atoms with E-state index in [0.717, 1.165) is 18.4 Å². The summed E-state index contributed by atoms with van der Waals surface area (Å²) in [6.07, 6.45) is 3.97. The van der Waals surface area contributed by atoms with Gasteiger partial charge in [-0.25, -0.2) is 0 Å². The van der Waals surface area contributed by atoms with E-state index in [-0.39, 0.29) is 6.04 Å². The highest BCUT2D eigenvalue weighted by molar-refractivity contribution is 5.82. The average Bonchev–Trinajstić information content (AvgIpc) is 2.34. The van der Waals surface area contributed by atoms with Gasteiger partial charge in [-0.2, -0.15) is 0 Å². The molecule has 1 atom stereocenters. The van der Waals surface area contributed by atoms with Crippen LogP contribution in [0.4, 0.5) is 0 Å². The van der Waals surface area contributed by atoms with E-state index in [1.54, 1.807) is 0 Å². The second-order valence-electron chi connectivity index (χ2n) is 6.12. The predicted molar refractivity (Wildman–Crippen MR) is 77.4 cm³/mol. The lowest BCUT2D eigenvalue weighted by Gasteiger charge is -2.21. The maximum absolute atomic E-state index is 6.34. The molecule has 2 nitrogen and oxygen atoms in total. The molecule has 1 aromatic heterocycles. The molecule has 0 fully saturated rings. The van der Waals surface area contributed by atoms with Crippen LogP contribution in [0.3, 0.4) is 0 Å². The quantitative estimate of drug-likeness (QED) is 0.881. The fourth-order valence-electron chi connectivity index (χ4n) is 2.19. The molecule has 0 saturated carbocycles. The number of hydrogen-bond donors (Lipinski definition) is 1. The largest absolute Gasteiger partial charge is 0.324 e. The standard InChI is InChI=1S/C16H22N2/c1-16(2,3)10-9-14(17)12-6-4-8-15-13(12)7-5-11-18-15/h4-8,11,14H,9-10,17H2,1-3H3. The summed E-state index contributed by atoms with van der Waals surface area (Å²) >= 11 is 0. The lowest BCUT2D eigenvalue weighted by Crippen LogP contribution is -2.15. The third kappa shape index (κ3) is 3.08. The van der Waals surface area contributed by atoms with Crippen LogP contribution in [0.1, 0.15) is 45.2 Å². The van der Waals surface area contributed by atoms with Crippen molar-refractivity contribution in [3.8, 4) is 0 Å². The van der Waals surface area contributed by atoms with Crippen molar-refractivity contribution in [2.24, 2.45) is 11.1 Å². The maximum atomic E-state index is 6.34. The van der Waals surface area contributed by atoms with Gasteiger partial charge >= 0.3 is 0 Å². The summed E-state index contributed by atoms with van der Waals surface area (Å²) < 4.78 is 0. The molecule has 0 spiro atoms. The SMILES string of the molecule is CC(C)(C)CCC(N)c1cccc2ncccc12. The Morgan fingerprint density at radius 1 is 1.17 bits per heavy atom. The molecule has 2 N–H and O–H groups in total. The van der Waals surface area contributed by atoms with Crippen molar-refractivity contribution in [3.63, 3.8) is 0 Å². The molecule has 0 radical (unpaired) electrons. The Balaban J connectivity index is 2.25. The highest BCUT2D eigenvalue weighted by Crippen LogP contribution is 2.29. The number of fused-ring (bicyclic) bond motifs is 1. The van der Waals surface area contributed by atoms with Crippen LogP contribution in [-0.4, -0.2) is 4.98 Å². The summed E-state index contributed by atoms with van der Waals surface area (Å²) in [6, 6.07) is 10.4. The third-order valence-corrected chi connectivity index (χ3v) is 3.28. The molecule has 2 rings (SSSR count). The molecule has 0 amide bonds. The lowest BCUT2D eigenvalue weighted by atomic mass is 9.87. The van der Waals surface area contributed by atoms with Crippen molar-refractivity contribution < 1.29 is 0 Å². The Bertz CT molecular complexity index is 521. The van der Waals surface area contributed by atoms with Crippen LogP contribution in [0.15, 0.2) is 36.5 Å². The molecule has 18 heavy (non-hydrogen) atoms. The molecular weight excluding hydrogens is 220 g/mol. The van der Waals surface area contributed by atoms with Gasteiger partial charge in [0.2, 0.25) is 0 Å². The van der Waals surface area contributed by atoms with Crippen molar-refractivity contribution in [2.75, 3.05) is 0 Å². The summed E-state index contributed by atoms with van der Waals surface area (Å²) in [6.45, 7) is 6.76. The van der Waals surface area contributed by atoms with Crippen LogP contribution in [0.2, 0.25) is 0 Å². The number of rotatable bonds is 3. The number of benzene rings is 1. The van der Waals surface area contributed by atoms with E-state index in [9.17, 15) is 0 Å². The average molecular weight is 242 g/mol. The maximum Gasteiger partial charge on any atom is 0.0705 e. The van der Waals surface area contributed by atoms with Gasteiger partial charge in [-0.05, 0) is 36.0 Å². The summed E-state index contributed by atoms with van der Waals surface area (Å²) in [5, 5.41) is 1.18. The fourth-order valence-corrected chi connectivity index (χ4v) is 2.19. The predicted octanol–water partition coefficient (Wildman–Crippen LogP) is 4.06. The van der Waals surface area contributed by atoms with Gasteiger partial charge in [-0.15, -0.1) is 0 Å². The van der Waals surface area contributed by atoms with Crippen LogP contribution in [0, 0.1) is 5.41 Å². The van der Waals surface area contributed by atoms with Gasteiger partial charge in [0.05, 0.1) is 5.52 Å². The summed E-state index contributed by atoms with van der Waals surface area (Å²) in [4.78, 5) is 4.38. The van der Waals surface area contributed by atoms with Gasteiger partial charge in [-0.1, -0.05) is 39.0 Å². The normalized spacial score (nSPS) is 13.8. The van der Waals surface area contributed by atoms with Crippen molar-refractivity contribution in [1.82, 2.24) is 4.98 Å². The van der Waals surface area contributed by atoms with Crippen molar-refractivity contribution in [1.29, 1.82) is 0 Å². The molecular formula is C16H22N2. The lowest BCUT2D eigenvalue weighted by molar-refractivity contribution is 0.350. The van der Waals surface area contributed by atoms with E-state index >= 15 is 0 Å². The van der Waals surface area contributed by atoms with Gasteiger partial charge in [0.25, 0.3) is 0 Å². The molecule has 0 saturated heterocycles. The van der Waals surface area contributed by atoms with E-state index in [4.69, 9.17) is 5.73 Å². The van der Waals surface area contributed by atoms with Crippen molar-refractivity contribution in [3.05, 3.63) is 42.1 Å². The highest BCUT2D eigenvalue weighted by Gasteiger charge is 2.15. The first-order valence-electron chi connectivity index (χ1n) is 6.56. The minimum atomic E-state index is 0.0946. The number of aromatic nitrogens is 1. The summed E-state index contributed by atoms with van der Waals surface area (Å²) in [7, 11) is 0. The van der Waals surface area contributed by atoms with E-state index in [1.165, 1.54) is 10.9 Å². The van der Waals surface area contributed by atoms with E-state index < -0.39 is 0 Å². The molecule has 1 aromatic carbocycles. The number of nitrogens with zero attached hydrogens (tertiary/aromatic N) is 1. The topological polar surface area (TPSA) is 38.9 Å². The molecule has 0 aliphatic rings. The molecule has 2 heteroatoms. The van der Waals surface area contributed by atoms with E-state index in [0.29, 0.717) is 5.41 Å². The number of pyridine rings is 1. The molecule has 96 valence electrons. The van der Waals surface area contributed by atoms with Gasteiger partial charge in [0.1, 0.15) is 0 Å². The van der Waals surface area contributed by atoms with Crippen LogP contribution in [-0.2, 0) is 0 Å². The molecule has 2 aromatic rings. The van der Waals surface area contributed by atoms with Gasteiger partial charge < -0.3 is 5.73 Å². The molecule has 0 aliphatic carbocycles. The smallest absolute Gasteiger partial charge is 0.0705 e. The van der Waals surface area contributed by atoms with E-state index in [2.05, 4.69) is 37.9 Å². The van der Waals surface area contributed by atoms with Crippen LogP contribution >= 0.6 is 0 Å². The zero-order valence-corrected chi connectivity index (χ0v) is 11.5. The highest BCUT2D eigenvalue weighted by atomic mass is 14.7. The van der Waals surface area contributed by atoms with Gasteiger partial charge in [0, 0.05) is 17.6 Å². The number of nitrogens with two attached hydrogens (primary N) is 1. The number of hydrogen-bond acceptors (Lipinski definition) is 2. The summed E-state index contributed by atoms with van der Waals surface area (Å²) in [5.41, 5.74) is 8.92. The first-order chi connectivity index (χ1) is 8.47. The van der Waals surface area contributed by atoms with E-state index in [1.807, 2.05) is 24.4 Å². The Kier molecular flexibility index (Phi) is 3.67. The zero-order chi connectivity index (χ0) is 13.2. The second kappa shape index (κ2) is 5.07. The molecule has 0 bridgehead atoms. The minimum absolute atomic E-state index is 0.0946. The summed E-state index contributed by atoms with van der Waals surface area (Å²) in [5.74, 6) is 0. The first-order valence-corrected chi connectivity index (χ1v) is 6.56. The molecule has 1 heterocycles. The van der Waals surface area contributed by atoms with Gasteiger partial charge in [-0.3, -0.25) is 4.98 Å². The van der Waals surface area contributed by atoms with Crippen molar-refractivity contribution >= 4 is 10.9 Å². The van der Waals surface area contributed by atoms with Crippen LogP contribution < -0.4 is 5.73 Å². The van der Waals surface area contributed by atoms with Crippen LogP contribution in [0.25, 0.3) is 10.9 Å². The van der Waals surface area contributed by atoms with Gasteiger partial charge in [0.15, 0.2) is 0 Å². The third-order valence-electron chi connectivity index (χ3n) is 3.28. The zero-order valence-electron chi connectivity index (χ0n) is 11.5. The Morgan fingerprint density at radius 2 is 1.94 bits per heavy atom. The second-order valence-corrected chi connectivity index (χ2v) is 6.12. The minimum Gasteiger partial charge on any atom is -0.324 e. The fraction of sp³-hybridized carbons (Fsp3) is 0.438. The molecule has 0 aliphatic heterocycles. The Labute approximate surface area is 109 Å². The first kappa shape index (κ1) is 13.0.